The van der Waals surface area contributed by atoms with Crippen LogP contribution in [0, 0.1) is 0 Å². The van der Waals surface area contributed by atoms with Crippen molar-refractivity contribution < 1.29 is 4.79 Å². The molecule has 0 atom stereocenters. The van der Waals surface area contributed by atoms with Gasteiger partial charge in [0.15, 0.2) is 0 Å². The van der Waals surface area contributed by atoms with Gasteiger partial charge in [0.25, 0.3) is 0 Å². The zero-order valence-electron chi connectivity index (χ0n) is 12.6. The van der Waals surface area contributed by atoms with Gasteiger partial charge >= 0.3 is 6.03 Å². The summed E-state index contributed by atoms with van der Waals surface area (Å²) in [6.07, 6.45) is 0.799. The molecule has 0 aliphatic heterocycles. The maximum absolute atomic E-state index is 11.8. The van der Waals surface area contributed by atoms with Crippen molar-refractivity contribution in [1.29, 1.82) is 0 Å². The predicted octanol–water partition coefficient (Wildman–Crippen LogP) is 3.03. The molecule has 1 aromatic rings. The summed E-state index contributed by atoms with van der Waals surface area (Å²) in [6, 6.07) is 0.0117. The van der Waals surface area contributed by atoms with Crippen molar-refractivity contribution in [1.82, 2.24) is 15.2 Å². The maximum Gasteiger partial charge on any atom is 0.317 e. The number of carbonyl (C=O) groups excluding carboxylic acids is 1. The Kier molecular flexibility index (Phi) is 5.79. The van der Waals surface area contributed by atoms with Gasteiger partial charge < -0.3 is 10.2 Å². The highest BCUT2D eigenvalue weighted by Gasteiger charge is 2.17. The van der Waals surface area contributed by atoms with Crippen LogP contribution in [-0.4, -0.2) is 35.5 Å². The number of urea groups is 1. The first-order valence-electron chi connectivity index (χ1n) is 6.86. The average molecular weight is 283 g/mol. The van der Waals surface area contributed by atoms with Crippen LogP contribution >= 0.6 is 11.3 Å². The first-order chi connectivity index (χ1) is 8.88. The van der Waals surface area contributed by atoms with Crippen molar-refractivity contribution >= 4 is 17.4 Å². The van der Waals surface area contributed by atoms with E-state index in [9.17, 15) is 4.79 Å². The van der Waals surface area contributed by atoms with E-state index in [2.05, 4.69) is 36.5 Å². The smallest absolute Gasteiger partial charge is 0.317 e. The first-order valence-corrected chi connectivity index (χ1v) is 7.74. The van der Waals surface area contributed by atoms with Crippen molar-refractivity contribution in [2.75, 3.05) is 19.6 Å². The van der Waals surface area contributed by atoms with Crippen LogP contribution in [0.4, 0.5) is 4.79 Å². The van der Waals surface area contributed by atoms with Gasteiger partial charge in [0.1, 0.15) is 0 Å². The van der Waals surface area contributed by atoms with E-state index in [1.54, 1.807) is 16.2 Å². The molecule has 1 N–H and O–H groups in total. The van der Waals surface area contributed by atoms with Crippen LogP contribution in [-0.2, 0) is 11.8 Å². The van der Waals surface area contributed by atoms with Crippen LogP contribution in [0.3, 0.4) is 0 Å². The summed E-state index contributed by atoms with van der Waals surface area (Å²) >= 11 is 1.67. The minimum atomic E-state index is 0.0117. The van der Waals surface area contributed by atoms with Crippen LogP contribution < -0.4 is 5.32 Å². The van der Waals surface area contributed by atoms with Gasteiger partial charge in [-0.1, -0.05) is 20.8 Å². The topological polar surface area (TPSA) is 45.2 Å². The summed E-state index contributed by atoms with van der Waals surface area (Å²) in [6.45, 7) is 12.6. The van der Waals surface area contributed by atoms with Gasteiger partial charge in [0.05, 0.1) is 10.7 Å². The van der Waals surface area contributed by atoms with E-state index in [1.165, 1.54) is 0 Å². The second-order valence-electron chi connectivity index (χ2n) is 5.53. The summed E-state index contributed by atoms with van der Waals surface area (Å²) in [5, 5.41) is 6.14. The minimum Gasteiger partial charge on any atom is -0.338 e. The van der Waals surface area contributed by atoms with E-state index >= 15 is 0 Å². The molecule has 0 aromatic carbocycles. The lowest BCUT2D eigenvalue weighted by Crippen LogP contribution is -2.40. The van der Waals surface area contributed by atoms with E-state index in [4.69, 9.17) is 0 Å². The average Bonchev–Trinajstić information content (AvgIpc) is 2.79. The Balaban J connectivity index is 2.41. The highest BCUT2D eigenvalue weighted by atomic mass is 32.1. The number of hydrogen-bond donors (Lipinski definition) is 1. The molecule has 1 rings (SSSR count). The van der Waals surface area contributed by atoms with Gasteiger partial charge in [-0.15, -0.1) is 11.3 Å². The van der Waals surface area contributed by atoms with E-state index in [-0.39, 0.29) is 11.4 Å². The zero-order chi connectivity index (χ0) is 14.5. The summed E-state index contributed by atoms with van der Waals surface area (Å²) in [5.74, 6) is 0. The molecule has 0 saturated carbocycles. The molecule has 0 bridgehead atoms. The fourth-order valence-electron chi connectivity index (χ4n) is 1.67. The summed E-state index contributed by atoms with van der Waals surface area (Å²) in [7, 11) is 0. The molecule has 0 fully saturated rings. The van der Waals surface area contributed by atoms with E-state index in [0.717, 1.165) is 30.2 Å². The number of rotatable bonds is 5. The Hall–Kier alpha value is -1.10. The predicted molar refractivity (Wildman–Crippen MR) is 80.8 cm³/mol. The molecule has 19 heavy (non-hydrogen) atoms. The quantitative estimate of drug-likeness (QED) is 0.902. The summed E-state index contributed by atoms with van der Waals surface area (Å²) in [4.78, 5) is 18.2. The third-order valence-corrected chi connectivity index (χ3v) is 3.89. The molecular formula is C14H25N3OS. The van der Waals surface area contributed by atoms with Gasteiger partial charge in [0, 0.05) is 36.9 Å². The SMILES string of the molecule is CCN(CC)C(=O)NCCc1nc(C(C)(C)C)cs1. The number of thiazole rings is 1. The molecule has 1 heterocycles. The van der Waals surface area contributed by atoms with Crippen molar-refractivity contribution in [3.63, 3.8) is 0 Å². The van der Waals surface area contributed by atoms with Crippen LogP contribution in [0.25, 0.3) is 0 Å². The van der Waals surface area contributed by atoms with Crippen molar-refractivity contribution in [2.24, 2.45) is 0 Å². The molecule has 0 aliphatic rings. The molecule has 2 amide bonds. The third kappa shape index (κ3) is 4.82. The fraction of sp³-hybridized carbons (Fsp3) is 0.714. The van der Waals surface area contributed by atoms with Crippen LogP contribution in [0.1, 0.15) is 45.3 Å². The van der Waals surface area contributed by atoms with Crippen LogP contribution in [0.2, 0.25) is 0 Å². The molecule has 4 nitrogen and oxygen atoms in total. The zero-order valence-corrected chi connectivity index (χ0v) is 13.4. The lowest BCUT2D eigenvalue weighted by Gasteiger charge is -2.18. The number of nitrogens with zero attached hydrogens (tertiary/aromatic N) is 2. The minimum absolute atomic E-state index is 0.0117. The molecule has 0 saturated heterocycles. The highest BCUT2D eigenvalue weighted by Crippen LogP contribution is 2.23. The number of nitrogens with one attached hydrogen (secondary N) is 1. The van der Waals surface area contributed by atoms with Crippen molar-refractivity contribution in [3.05, 3.63) is 16.1 Å². The number of aromatic nitrogens is 1. The molecule has 0 spiro atoms. The Bertz CT molecular complexity index is 405. The van der Waals surface area contributed by atoms with Gasteiger partial charge in [-0.05, 0) is 13.8 Å². The Labute approximate surface area is 120 Å². The standard InChI is InChI=1S/C14H25N3OS/c1-6-17(7-2)13(18)15-9-8-12-16-11(10-19-12)14(3,4)5/h10H,6-9H2,1-5H3,(H,15,18). The first kappa shape index (κ1) is 16.0. The Morgan fingerprint density at radius 2 is 2.00 bits per heavy atom. The maximum atomic E-state index is 11.8. The third-order valence-electron chi connectivity index (χ3n) is 2.99. The number of amides is 2. The molecule has 0 unspecified atom stereocenters. The van der Waals surface area contributed by atoms with Gasteiger partial charge in [0.2, 0.25) is 0 Å². The monoisotopic (exact) mass is 283 g/mol. The second-order valence-corrected chi connectivity index (χ2v) is 6.47. The van der Waals surface area contributed by atoms with Crippen molar-refractivity contribution in [2.45, 2.75) is 46.5 Å². The summed E-state index contributed by atoms with van der Waals surface area (Å²) in [5.41, 5.74) is 1.22. The van der Waals surface area contributed by atoms with E-state index in [0.29, 0.717) is 6.54 Å². The Morgan fingerprint density at radius 1 is 1.37 bits per heavy atom. The fourth-order valence-corrected chi connectivity index (χ4v) is 2.69. The lowest BCUT2D eigenvalue weighted by atomic mass is 9.93. The number of hydrogen-bond acceptors (Lipinski definition) is 3. The number of carbonyl (C=O) groups is 1. The molecule has 0 radical (unpaired) electrons. The van der Waals surface area contributed by atoms with E-state index < -0.39 is 0 Å². The molecule has 108 valence electrons. The summed E-state index contributed by atoms with van der Waals surface area (Å²) < 4.78 is 0. The van der Waals surface area contributed by atoms with E-state index in [1.807, 2.05) is 13.8 Å². The molecular weight excluding hydrogens is 258 g/mol. The highest BCUT2D eigenvalue weighted by molar-refractivity contribution is 7.09. The Morgan fingerprint density at radius 3 is 2.47 bits per heavy atom. The van der Waals surface area contributed by atoms with Gasteiger partial charge in [-0.2, -0.15) is 0 Å². The molecule has 5 heteroatoms. The van der Waals surface area contributed by atoms with Crippen LogP contribution in [0.15, 0.2) is 5.38 Å². The normalized spacial score (nSPS) is 11.4. The molecule has 1 aromatic heterocycles. The van der Waals surface area contributed by atoms with Gasteiger partial charge in [-0.3, -0.25) is 0 Å². The van der Waals surface area contributed by atoms with Crippen LogP contribution in [0.5, 0.6) is 0 Å². The largest absolute Gasteiger partial charge is 0.338 e. The molecule has 0 aliphatic carbocycles. The second kappa shape index (κ2) is 6.89. The van der Waals surface area contributed by atoms with Crippen molar-refractivity contribution in [3.8, 4) is 0 Å². The lowest BCUT2D eigenvalue weighted by molar-refractivity contribution is 0.203. The van der Waals surface area contributed by atoms with Gasteiger partial charge in [-0.25, -0.2) is 9.78 Å².